The summed E-state index contributed by atoms with van der Waals surface area (Å²) in [6, 6.07) is 6.20. The van der Waals surface area contributed by atoms with Crippen LogP contribution in [0.3, 0.4) is 0 Å². The summed E-state index contributed by atoms with van der Waals surface area (Å²) in [5, 5.41) is 1.05. The minimum atomic E-state index is 0.0390. The molecule has 2 heterocycles. The van der Waals surface area contributed by atoms with Crippen molar-refractivity contribution in [2.75, 3.05) is 0 Å². The van der Waals surface area contributed by atoms with E-state index in [0.717, 1.165) is 28.6 Å². The van der Waals surface area contributed by atoms with Crippen molar-refractivity contribution < 1.29 is 0 Å². The molecule has 2 aromatic rings. The Balaban J connectivity index is 1.81. The fourth-order valence-corrected chi connectivity index (χ4v) is 2.82. The van der Waals surface area contributed by atoms with Crippen LogP contribution in [0.4, 0.5) is 0 Å². The predicted molar refractivity (Wildman–Crippen MR) is 86.0 cm³/mol. The van der Waals surface area contributed by atoms with Crippen molar-refractivity contribution in [1.82, 2.24) is 9.97 Å². The summed E-state index contributed by atoms with van der Waals surface area (Å²) in [7, 11) is 0. The maximum absolute atomic E-state index is 4.68. The average Bonchev–Trinajstić information content (AvgIpc) is 2.53. The first-order valence-electron chi connectivity index (χ1n) is 7.09. The van der Waals surface area contributed by atoms with E-state index in [0.29, 0.717) is 0 Å². The highest BCUT2D eigenvalue weighted by Crippen LogP contribution is 2.39. The first-order chi connectivity index (χ1) is 10.2. The van der Waals surface area contributed by atoms with E-state index in [2.05, 4.69) is 64.5 Å². The van der Waals surface area contributed by atoms with Crippen LogP contribution in [0.2, 0.25) is 0 Å². The zero-order valence-corrected chi connectivity index (χ0v) is 11.8. The minimum absolute atomic E-state index is 0.0390. The Morgan fingerprint density at radius 3 is 3.14 bits per heavy atom. The van der Waals surface area contributed by atoms with Crippen LogP contribution in [0.1, 0.15) is 18.9 Å². The molecule has 1 aliphatic carbocycles. The van der Waals surface area contributed by atoms with Crippen molar-refractivity contribution in [2.45, 2.75) is 13.3 Å². The van der Waals surface area contributed by atoms with Gasteiger partial charge in [0.1, 0.15) is 6.33 Å². The standard InChI is InChI=1S/C18H15N3/c1-18-7-3-2-4-15(18)9-17(20-11-18)13-5-6-14-10-19-12-21-16(14)8-13/h2-6,8-12H,7H2,1H3. The molecule has 1 unspecified atom stereocenters. The fraction of sp³-hybridized carbons (Fsp3) is 0.167. The highest BCUT2D eigenvalue weighted by Gasteiger charge is 2.29. The number of aromatic nitrogens is 2. The van der Waals surface area contributed by atoms with E-state index >= 15 is 0 Å². The van der Waals surface area contributed by atoms with Gasteiger partial charge in [0.05, 0.1) is 11.2 Å². The van der Waals surface area contributed by atoms with Gasteiger partial charge in [-0.05, 0) is 24.1 Å². The van der Waals surface area contributed by atoms with Crippen LogP contribution in [0, 0.1) is 5.41 Å². The third kappa shape index (κ3) is 2.02. The van der Waals surface area contributed by atoms with Crippen LogP contribution in [-0.2, 0) is 0 Å². The smallest absolute Gasteiger partial charge is 0.116 e. The third-order valence-corrected chi connectivity index (χ3v) is 4.20. The molecule has 1 aromatic heterocycles. The summed E-state index contributed by atoms with van der Waals surface area (Å²) in [4.78, 5) is 13.0. The van der Waals surface area contributed by atoms with E-state index < -0.39 is 0 Å². The van der Waals surface area contributed by atoms with Crippen LogP contribution in [-0.4, -0.2) is 16.2 Å². The molecule has 21 heavy (non-hydrogen) atoms. The van der Waals surface area contributed by atoms with Crippen molar-refractivity contribution in [3.8, 4) is 0 Å². The van der Waals surface area contributed by atoms with Crippen molar-refractivity contribution in [2.24, 2.45) is 10.4 Å². The van der Waals surface area contributed by atoms with Crippen molar-refractivity contribution in [1.29, 1.82) is 0 Å². The number of allylic oxidation sites excluding steroid dienone is 5. The molecular formula is C18H15N3. The second kappa shape index (κ2) is 4.48. The number of nitrogens with zero attached hydrogens (tertiary/aromatic N) is 3. The van der Waals surface area contributed by atoms with Gasteiger partial charge in [-0.2, -0.15) is 0 Å². The highest BCUT2D eigenvalue weighted by molar-refractivity contribution is 5.89. The maximum Gasteiger partial charge on any atom is 0.116 e. The van der Waals surface area contributed by atoms with Gasteiger partial charge in [-0.15, -0.1) is 0 Å². The first kappa shape index (κ1) is 12.2. The van der Waals surface area contributed by atoms with E-state index in [1.165, 1.54) is 5.57 Å². The van der Waals surface area contributed by atoms with Gasteiger partial charge < -0.3 is 0 Å². The second-order valence-corrected chi connectivity index (χ2v) is 5.76. The van der Waals surface area contributed by atoms with E-state index in [9.17, 15) is 0 Å². The first-order valence-corrected chi connectivity index (χ1v) is 7.09. The molecule has 4 rings (SSSR count). The Morgan fingerprint density at radius 1 is 1.24 bits per heavy atom. The van der Waals surface area contributed by atoms with Crippen LogP contribution in [0.15, 0.2) is 65.6 Å². The lowest BCUT2D eigenvalue weighted by Gasteiger charge is -2.30. The lowest BCUT2D eigenvalue weighted by atomic mass is 9.75. The normalized spacial score (nSPS) is 23.7. The molecule has 0 spiro atoms. The van der Waals surface area contributed by atoms with Gasteiger partial charge in [-0.25, -0.2) is 9.97 Å². The Hall–Kier alpha value is -2.55. The second-order valence-electron chi connectivity index (χ2n) is 5.76. The lowest BCUT2D eigenvalue weighted by Crippen LogP contribution is -2.23. The van der Waals surface area contributed by atoms with Gasteiger partial charge in [0, 0.05) is 28.8 Å². The zero-order chi connectivity index (χ0) is 14.3. The molecule has 0 bridgehead atoms. The molecule has 0 amide bonds. The molecule has 0 N–H and O–H groups in total. The van der Waals surface area contributed by atoms with Crippen LogP contribution in [0.5, 0.6) is 0 Å². The lowest BCUT2D eigenvalue weighted by molar-refractivity contribution is 0.584. The number of fused-ring (bicyclic) bond motifs is 2. The topological polar surface area (TPSA) is 38.1 Å². The van der Waals surface area contributed by atoms with E-state index in [1.54, 1.807) is 6.33 Å². The highest BCUT2D eigenvalue weighted by atomic mass is 14.8. The molecule has 102 valence electrons. The fourth-order valence-electron chi connectivity index (χ4n) is 2.82. The number of hydrogen-bond donors (Lipinski definition) is 0. The number of benzene rings is 1. The van der Waals surface area contributed by atoms with Crippen LogP contribution >= 0.6 is 0 Å². The Kier molecular flexibility index (Phi) is 2.61. The molecule has 1 aromatic carbocycles. The van der Waals surface area contributed by atoms with E-state index in [-0.39, 0.29) is 5.41 Å². The van der Waals surface area contributed by atoms with Gasteiger partial charge in [0.2, 0.25) is 0 Å². The van der Waals surface area contributed by atoms with Crippen molar-refractivity contribution >= 4 is 22.8 Å². The molecule has 0 fully saturated rings. The summed E-state index contributed by atoms with van der Waals surface area (Å²) in [6.07, 6.45) is 15.2. The number of rotatable bonds is 1. The van der Waals surface area contributed by atoms with Crippen LogP contribution < -0.4 is 0 Å². The monoisotopic (exact) mass is 273 g/mol. The quantitative estimate of drug-likeness (QED) is 0.789. The largest absolute Gasteiger partial charge is 0.260 e. The Morgan fingerprint density at radius 2 is 2.19 bits per heavy atom. The molecule has 0 saturated heterocycles. The molecule has 0 saturated carbocycles. The predicted octanol–water partition coefficient (Wildman–Crippen LogP) is 3.95. The third-order valence-electron chi connectivity index (χ3n) is 4.20. The summed E-state index contributed by atoms with van der Waals surface area (Å²) in [5.74, 6) is 0. The molecular weight excluding hydrogens is 258 g/mol. The van der Waals surface area contributed by atoms with Crippen molar-refractivity contribution in [3.63, 3.8) is 0 Å². The van der Waals surface area contributed by atoms with Gasteiger partial charge in [-0.3, -0.25) is 4.99 Å². The van der Waals surface area contributed by atoms with Gasteiger partial charge in [-0.1, -0.05) is 37.3 Å². The Labute approximate surface area is 123 Å². The molecule has 3 heteroatoms. The molecule has 1 atom stereocenters. The molecule has 2 aliphatic rings. The summed E-state index contributed by atoms with van der Waals surface area (Å²) < 4.78 is 0. The van der Waals surface area contributed by atoms with E-state index in [1.807, 2.05) is 12.3 Å². The van der Waals surface area contributed by atoms with Gasteiger partial charge in [0.15, 0.2) is 0 Å². The molecule has 0 radical (unpaired) electrons. The molecule has 1 aliphatic heterocycles. The SMILES string of the molecule is CC12C=NC(c3ccc4cncnc4c3)=CC1=CC=CC2. The van der Waals surface area contributed by atoms with E-state index in [4.69, 9.17) is 0 Å². The molecule has 3 nitrogen and oxygen atoms in total. The van der Waals surface area contributed by atoms with Crippen LogP contribution in [0.25, 0.3) is 16.6 Å². The minimum Gasteiger partial charge on any atom is -0.260 e. The zero-order valence-electron chi connectivity index (χ0n) is 11.8. The number of aliphatic imine (C=N–C) groups is 1. The van der Waals surface area contributed by atoms with Gasteiger partial charge in [0.25, 0.3) is 0 Å². The Bertz CT molecular complexity index is 842. The van der Waals surface area contributed by atoms with Gasteiger partial charge >= 0.3 is 0 Å². The summed E-state index contributed by atoms with van der Waals surface area (Å²) in [5.41, 5.74) is 4.39. The summed E-state index contributed by atoms with van der Waals surface area (Å²) >= 11 is 0. The number of hydrogen-bond acceptors (Lipinski definition) is 3. The summed E-state index contributed by atoms with van der Waals surface area (Å²) in [6.45, 7) is 2.23. The van der Waals surface area contributed by atoms with Crippen molar-refractivity contribution in [3.05, 3.63) is 66.2 Å². The maximum atomic E-state index is 4.68. The average molecular weight is 273 g/mol.